The van der Waals surface area contributed by atoms with Gasteiger partial charge in [-0.05, 0) is 39.7 Å². The highest BCUT2D eigenvalue weighted by atomic mass is 15.3. The summed E-state index contributed by atoms with van der Waals surface area (Å²) in [6.45, 7) is 13.2. The van der Waals surface area contributed by atoms with E-state index in [0.29, 0.717) is 5.54 Å². The van der Waals surface area contributed by atoms with Crippen LogP contribution < -0.4 is 5.32 Å². The van der Waals surface area contributed by atoms with Crippen molar-refractivity contribution in [3.8, 4) is 0 Å². The van der Waals surface area contributed by atoms with Gasteiger partial charge in [0.05, 0.1) is 0 Å². The highest BCUT2D eigenvalue weighted by Gasteiger charge is 2.30. The zero-order chi connectivity index (χ0) is 13.9. The van der Waals surface area contributed by atoms with Crippen LogP contribution in [0.4, 0.5) is 0 Å². The summed E-state index contributed by atoms with van der Waals surface area (Å²) in [7, 11) is 2.23. The second-order valence-electron chi connectivity index (χ2n) is 7.45. The van der Waals surface area contributed by atoms with E-state index in [1.165, 1.54) is 51.9 Å². The largest absolute Gasteiger partial charge is 0.312 e. The van der Waals surface area contributed by atoms with Crippen LogP contribution in [0.1, 0.15) is 46.5 Å². The van der Waals surface area contributed by atoms with Gasteiger partial charge in [0.15, 0.2) is 0 Å². The molecule has 0 bridgehead atoms. The molecule has 1 aliphatic heterocycles. The fourth-order valence-corrected chi connectivity index (χ4v) is 3.54. The minimum absolute atomic E-state index is 0.294. The lowest BCUT2D eigenvalue weighted by atomic mass is 9.86. The predicted octanol–water partition coefficient (Wildman–Crippen LogP) is 2.18. The predicted molar refractivity (Wildman–Crippen MR) is 82.6 cm³/mol. The summed E-state index contributed by atoms with van der Waals surface area (Å²) in [5, 5.41) is 3.85. The summed E-state index contributed by atoms with van der Waals surface area (Å²) in [6, 6.07) is 0.760. The smallest absolute Gasteiger partial charge is 0.0278 e. The average Bonchev–Trinajstić information content (AvgIpc) is 2.37. The molecule has 1 saturated heterocycles. The summed E-state index contributed by atoms with van der Waals surface area (Å²) in [6.07, 6.45) is 5.59. The molecule has 2 rings (SSSR count). The standard InChI is InChI=1S/C16H33N3/c1-14-6-5-7-15(12-14)17-13-16(2,3)19-10-8-18(4)9-11-19/h14-15,17H,5-13H2,1-4H3. The van der Waals surface area contributed by atoms with E-state index in [0.717, 1.165) is 18.5 Å². The minimum Gasteiger partial charge on any atom is -0.312 e. The third-order valence-corrected chi connectivity index (χ3v) is 5.12. The van der Waals surface area contributed by atoms with Gasteiger partial charge in [0.25, 0.3) is 0 Å². The number of hydrogen-bond donors (Lipinski definition) is 1. The number of nitrogens with one attached hydrogen (secondary N) is 1. The molecule has 2 unspecified atom stereocenters. The monoisotopic (exact) mass is 267 g/mol. The zero-order valence-corrected chi connectivity index (χ0v) is 13.4. The van der Waals surface area contributed by atoms with Gasteiger partial charge in [-0.2, -0.15) is 0 Å². The maximum Gasteiger partial charge on any atom is 0.0278 e. The molecular weight excluding hydrogens is 234 g/mol. The summed E-state index contributed by atoms with van der Waals surface area (Å²) in [4.78, 5) is 5.09. The van der Waals surface area contributed by atoms with Crippen molar-refractivity contribution in [3.63, 3.8) is 0 Å². The first kappa shape index (κ1) is 15.3. The third kappa shape index (κ3) is 4.44. The summed E-state index contributed by atoms with van der Waals surface area (Å²) >= 11 is 0. The Morgan fingerprint density at radius 2 is 1.79 bits per heavy atom. The average molecular weight is 267 g/mol. The van der Waals surface area contributed by atoms with Gasteiger partial charge in [-0.15, -0.1) is 0 Å². The molecular formula is C16H33N3. The van der Waals surface area contributed by atoms with Gasteiger partial charge in [0.2, 0.25) is 0 Å². The number of hydrogen-bond acceptors (Lipinski definition) is 3. The topological polar surface area (TPSA) is 18.5 Å². The van der Waals surface area contributed by atoms with E-state index in [-0.39, 0.29) is 0 Å². The van der Waals surface area contributed by atoms with E-state index in [2.05, 4.69) is 42.9 Å². The Hall–Kier alpha value is -0.120. The molecule has 3 nitrogen and oxygen atoms in total. The Kier molecular flexibility index (Phi) is 5.27. The van der Waals surface area contributed by atoms with E-state index in [9.17, 15) is 0 Å². The van der Waals surface area contributed by atoms with E-state index >= 15 is 0 Å². The summed E-state index contributed by atoms with van der Waals surface area (Å²) in [5.41, 5.74) is 0.294. The van der Waals surface area contributed by atoms with Crippen LogP contribution in [-0.2, 0) is 0 Å². The van der Waals surface area contributed by atoms with E-state index in [4.69, 9.17) is 0 Å². The minimum atomic E-state index is 0.294. The molecule has 2 fully saturated rings. The fourth-order valence-electron chi connectivity index (χ4n) is 3.54. The molecule has 1 aliphatic carbocycles. The molecule has 1 heterocycles. The van der Waals surface area contributed by atoms with Crippen LogP contribution in [0, 0.1) is 5.92 Å². The quantitative estimate of drug-likeness (QED) is 0.842. The Balaban J connectivity index is 1.76. The molecule has 112 valence electrons. The van der Waals surface area contributed by atoms with Gasteiger partial charge < -0.3 is 10.2 Å². The van der Waals surface area contributed by atoms with Crippen molar-refractivity contribution in [1.82, 2.24) is 15.1 Å². The molecule has 19 heavy (non-hydrogen) atoms. The SMILES string of the molecule is CC1CCCC(NCC(C)(C)N2CCN(C)CC2)C1. The van der Waals surface area contributed by atoms with E-state index < -0.39 is 0 Å². The second-order valence-corrected chi connectivity index (χ2v) is 7.45. The lowest BCUT2D eigenvalue weighted by Gasteiger charge is -2.44. The van der Waals surface area contributed by atoms with Crippen LogP contribution in [0.25, 0.3) is 0 Å². The number of piperazine rings is 1. The number of rotatable bonds is 4. The van der Waals surface area contributed by atoms with E-state index in [1.54, 1.807) is 0 Å². The fraction of sp³-hybridized carbons (Fsp3) is 1.00. The van der Waals surface area contributed by atoms with Crippen LogP contribution in [0.15, 0.2) is 0 Å². The van der Waals surface area contributed by atoms with Crippen LogP contribution in [0.3, 0.4) is 0 Å². The zero-order valence-electron chi connectivity index (χ0n) is 13.4. The first-order valence-corrected chi connectivity index (χ1v) is 8.14. The Bertz CT molecular complexity index is 269. The van der Waals surface area contributed by atoms with Gasteiger partial charge >= 0.3 is 0 Å². The Morgan fingerprint density at radius 3 is 2.42 bits per heavy atom. The normalized spacial score (nSPS) is 31.6. The van der Waals surface area contributed by atoms with Gasteiger partial charge in [-0.1, -0.05) is 19.8 Å². The van der Waals surface area contributed by atoms with Gasteiger partial charge in [-0.25, -0.2) is 0 Å². The van der Waals surface area contributed by atoms with Crippen molar-refractivity contribution in [1.29, 1.82) is 0 Å². The molecule has 1 N–H and O–H groups in total. The first-order chi connectivity index (χ1) is 8.97. The molecule has 0 amide bonds. The van der Waals surface area contributed by atoms with Crippen LogP contribution in [0.5, 0.6) is 0 Å². The van der Waals surface area contributed by atoms with Crippen molar-refractivity contribution in [2.75, 3.05) is 39.8 Å². The van der Waals surface area contributed by atoms with Crippen molar-refractivity contribution >= 4 is 0 Å². The highest BCUT2D eigenvalue weighted by molar-refractivity contribution is 4.89. The summed E-state index contributed by atoms with van der Waals surface area (Å²) < 4.78 is 0. The van der Waals surface area contributed by atoms with Crippen molar-refractivity contribution in [3.05, 3.63) is 0 Å². The van der Waals surface area contributed by atoms with Crippen LogP contribution in [0.2, 0.25) is 0 Å². The molecule has 0 aromatic carbocycles. The van der Waals surface area contributed by atoms with Gasteiger partial charge in [-0.3, -0.25) is 4.90 Å². The van der Waals surface area contributed by atoms with Crippen molar-refractivity contribution in [2.24, 2.45) is 5.92 Å². The van der Waals surface area contributed by atoms with Crippen LogP contribution in [-0.4, -0.2) is 61.2 Å². The molecule has 2 atom stereocenters. The molecule has 0 radical (unpaired) electrons. The molecule has 1 saturated carbocycles. The molecule has 0 aromatic heterocycles. The number of likely N-dealkylation sites (N-methyl/N-ethyl adjacent to an activating group) is 1. The first-order valence-electron chi connectivity index (χ1n) is 8.14. The lowest BCUT2D eigenvalue weighted by Crippen LogP contribution is -2.58. The lowest BCUT2D eigenvalue weighted by molar-refractivity contribution is 0.0585. The van der Waals surface area contributed by atoms with Crippen molar-refractivity contribution < 1.29 is 0 Å². The second kappa shape index (κ2) is 6.55. The molecule has 2 aliphatic rings. The highest BCUT2D eigenvalue weighted by Crippen LogP contribution is 2.24. The Morgan fingerprint density at radius 1 is 1.11 bits per heavy atom. The third-order valence-electron chi connectivity index (χ3n) is 5.12. The van der Waals surface area contributed by atoms with Gasteiger partial charge in [0, 0.05) is 44.3 Å². The molecule has 0 spiro atoms. The molecule has 3 heteroatoms. The summed E-state index contributed by atoms with van der Waals surface area (Å²) in [5.74, 6) is 0.915. The molecule has 0 aromatic rings. The van der Waals surface area contributed by atoms with E-state index in [1.807, 2.05) is 0 Å². The maximum atomic E-state index is 3.85. The maximum absolute atomic E-state index is 3.85. The Labute approximate surface area is 119 Å². The van der Waals surface area contributed by atoms with Crippen molar-refractivity contribution in [2.45, 2.75) is 58.0 Å². The number of nitrogens with zero attached hydrogens (tertiary/aromatic N) is 2. The van der Waals surface area contributed by atoms with Gasteiger partial charge in [0.1, 0.15) is 0 Å². The van der Waals surface area contributed by atoms with Crippen LogP contribution >= 0.6 is 0 Å².